The fraction of sp³-hybridized carbons (Fsp3) is 0.889. The van der Waals surface area contributed by atoms with Gasteiger partial charge in [-0.1, -0.05) is 13.8 Å². The van der Waals surface area contributed by atoms with Crippen molar-refractivity contribution in [1.29, 1.82) is 0 Å². The van der Waals surface area contributed by atoms with Gasteiger partial charge in [0.2, 0.25) is 0 Å². The maximum Gasteiger partial charge on any atom is 0.410 e. The molecule has 0 bridgehead atoms. The highest BCUT2D eigenvalue weighted by atomic mass is 16.6. The van der Waals surface area contributed by atoms with E-state index in [0.29, 0.717) is 6.61 Å². The quantitative estimate of drug-likeness (QED) is 0.602. The summed E-state index contributed by atoms with van der Waals surface area (Å²) < 4.78 is 5.05. The van der Waals surface area contributed by atoms with Crippen molar-refractivity contribution in [3.8, 4) is 0 Å². The lowest BCUT2D eigenvalue weighted by Gasteiger charge is -2.39. The second kappa shape index (κ2) is 2.96. The minimum absolute atomic E-state index is 0.0954. The van der Waals surface area contributed by atoms with Gasteiger partial charge in [0.25, 0.3) is 0 Å². The maximum atomic E-state index is 11.2. The summed E-state index contributed by atoms with van der Waals surface area (Å²) in [6.45, 7) is 9.55. The van der Waals surface area contributed by atoms with Gasteiger partial charge in [-0.15, -0.1) is 0 Å². The van der Waals surface area contributed by atoms with Gasteiger partial charge in [-0.2, -0.15) is 0 Å². The Balaban J connectivity index is 2.66. The fourth-order valence-electron chi connectivity index (χ4n) is 1.30. The molecular formula is C9H17NO2. The van der Waals surface area contributed by atoms with E-state index in [1.807, 2.05) is 13.8 Å². The van der Waals surface area contributed by atoms with E-state index in [9.17, 15) is 4.79 Å². The molecule has 1 fully saturated rings. The Bertz CT molecular complexity index is 187. The Hall–Kier alpha value is -0.730. The first-order valence-electron chi connectivity index (χ1n) is 4.36. The van der Waals surface area contributed by atoms with Crippen LogP contribution in [-0.2, 0) is 4.74 Å². The van der Waals surface area contributed by atoms with E-state index in [0.717, 1.165) is 6.54 Å². The molecule has 0 saturated carbocycles. The van der Waals surface area contributed by atoms with E-state index in [2.05, 4.69) is 13.8 Å². The van der Waals surface area contributed by atoms with Gasteiger partial charge in [0, 0.05) is 18.0 Å². The summed E-state index contributed by atoms with van der Waals surface area (Å²) in [6, 6.07) is 0.233. The van der Waals surface area contributed by atoms with Crippen molar-refractivity contribution < 1.29 is 9.53 Å². The number of amides is 1. The first-order chi connectivity index (χ1) is 5.42. The minimum Gasteiger partial charge on any atom is -0.449 e. The van der Waals surface area contributed by atoms with Crippen LogP contribution in [-0.4, -0.2) is 30.2 Å². The van der Waals surface area contributed by atoms with Gasteiger partial charge in [0.1, 0.15) is 0 Å². The van der Waals surface area contributed by atoms with Gasteiger partial charge in [-0.3, -0.25) is 0 Å². The molecule has 0 N–H and O–H groups in total. The second-order valence-electron chi connectivity index (χ2n) is 4.44. The van der Waals surface area contributed by atoms with Crippen LogP contribution in [0.1, 0.15) is 27.7 Å². The van der Waals surface area contributed by atoms with E-state index in [-0.39, 0.29) is 17.6 Å². The highest BCUT2D eigenvalue weighted by Crippen LogP contribution is 2.24. The third-order valence-electron chi connectivity index (χ3n) is 2.04. The average molecular weight is 171 g/mol. The number of cyclic esters (lactones) is 1. The van der Waals surface area contributed by atoms with E-state index < -0.39 is 0 Å². The van der Waals surface area contributed by atoms with Crippen molar-refractivity contribution in [2.75, 3.05) is 13.2 Å². The smallest absolute Gasteiger partial charge is 0.410 e. The molecule has 12 heavy (non-hydrogen) atoms. The number of hydrogen-bond donors (Lipinski definition) is 0. The second-order valence-corrected chi connectivity index (χ2v) is 4.44. The molecule has 0 aromatic rings. The predicted molar refractivity (Wildman–Crippen MR) is 47.0 cm³/mol. The molecule has 0 radical (unpaired) electrons. The zero-order valence-electron chi connectivity index (χ0n) is 8.26. The van der Waals surface area contributed by atoms with E-state index in [1.54, 1.807) is 4.90 Å². The summed E-state index contributed by atoms with van der Waals surface area (Å²) in [5.41, 5.74) is 0.0954. The molecule has 0 aliphatic carbocycles. The maximum absolute atomic E-state index is 11.2. The Morgan fingerprint density at radius 3 is 2.50 bits per heavy atom. The lowest BCUT2D eigenvalue weighted by Crippen LogP contribution is -2.50. The number of hydrogen-bond acceptors (Lipinski definition) is 2. The highest BCUT2D eigenvalue weighted by Gasteiger charge is 2.33. The summed E-state index contributed by atoms with van der Waals surface area (Å²) in [5, 5.41) is 0. The molecule has 1 amide bonds. The Kier molecular flexibility index (Phi) is 2.31. The molecule has 3 nitrogen and oxygen atoms in total. The van der Waals surface area contributed by atoms with Crippen molar-refractivity contribution in [1.82, 2.24) is 4.90 Å². The van der Waals surface area contributed by atoms with Gasteiger partial charge in [0.15, 0.2) is 0 Å². The standard InChI is InChI=1S/C9H17NO2/c1-7(2)10-5-9(3,4)6-12-8(10)11/h7H,5-6H2,1-4H3. The zero-order valence-corrected chi connectivity index (χ0v) is 8.26. The molecule has 1 rings (SSSR count). The van der Waals surface area contributed by atoms with Crippen LogP contribution in [0.25, 0.3) is 0 Å². The van der Waals surface area contributed by atoms with Gasteiger partial charge >= 0.3 is 6.09 Å². The Labute approximate surface area is 73.7 Å². The summed E-state index contributed by atoms with van der Waals surface area (Å²) in [6.07, 6.45) is -0.177. The zero-order chi connectivity index (χ0) is 9.35. The molecule has 1 saturated heterocycles. The number of carbonyl (C=O) groups is 1. The Morgan fingerprint density at radius 1 is 1.50 bits per heavy atom. The molecule has 0 aromatic carbocycles. The van der Waals surface area contributed by atoms with Crippen LogP contribution >= 0.6 is 0 Å². The monoisotopic (exact) mass is 171 g/mol. The molecular weight excluding hydrogens is 154 g/mol. The van der Waals surface area contributed by atoms with Gasteiger partial charge in [-0.05, 0) is 13.8 Å². The molecule has 70 valence electrons. The molecule has 0 atom stereocenters. The molecule has 0 unspecified atom stereocenters. The largest absolute Gasteiger partial charge is 0.449 e. The van der Waals surface area contributed by atoms with Crippen molar-refractivity contribution in [2.24, 2.45) is 5.41 Å². The van der Waals surface area contributed by atoms with Crippen LogP contribution in [0.2, 0.25) is 0 Å². The fourth-order valence-corrected chi connectivity index (χ4v) is 1.30. The number of ether oxygens (including phenoxy) is 1. The predicted octanol–water partition coefficient (Wildman–Crippen LogP) is 1.87. The highest BCUT2D eigenvalue weighted by molar-refractivity contribution is 5.68. The van der Waals surface area contributed by atoms with Crippen LogP contribution in [0.5, 0.6) is 0 Å². The molecule has 3 heteroatoms. The summed E-state index contributed by atoms with van der Waals surface area (Å²) in [7, 11) is 0. The normalized spacial score (nSPS) is 22.8. The van der Waals surface area contributed by atoms with Crippen LogP contribution in [0.15, 0.2) is 0 Å². The molecule has 1 aliphatic heterocycles. The number of rotatable bonds is 1. The first-order valence-corrected chi connectivity index (χ1v) is 4.36. The third-order valence-corrected chi connectivity index (χ3v) is 2.04. The van der Waals surface area contributed by atoms with Gasteiger partial charge in [-0.25, -0.2) is 4.79 Å². The van der Waals surface area contributed by atoms with E-state index in [4.69, 9.17) is 4.74 Å². The minimum atomic E-state index is -0.177. The molecule has 1 aliphatic rings. The van der Waals surface area contributed by atoms with Crippen molar-refractivity contribution in [3.05, 3.63) is 0 Å². The van der Waals surface area contributed by atoms with Crippen LogP contribution in [0, 0.1) is 5.41 Å². The van der Waals surface area contributed by atoms with Crippen molar-refractivity contribution >= 4 is 6.09 Å². The average Bonchev–Trinajstić information content (AvgIpc) is 1.94. The van der Waals surface area contributed by atoms with Crippen molar-refractivity contribution in [3.63, 3.8) is 0 Å². The lowest BCUT2D eigenvalue weighted by molar-refractivity contribution is -0.000668. The number of nitrogens with zero attached hydrogens (tertiary/aromatic N) is 1. The van der Waals surface area contributed by atoms with Crippen molar-refractivity contribution in [2.45, 2.75) is 33.7 Å². The van der Waals surface area contributed by atoms with Gasteiger partial charge in [0.05, 0.1) is 6.61 Å². The molecule has 0 spiro atoms. The van der Waals surface area contributed by atoms with Crippen LogP contribution < -0.4 is 0 Å². The first kappa shape index (κ1) is 9.36. The van der Waals surface area contributed by atoms with E-state index in [1.165, 1.54) is 0 Å². The molecule has 0 aromatic heterocycles. The topological polar surface area (TPSA) is 29.5 Å². The third kappa shape index (κ3) is 1.90. The van der Waals surface area contributed by atoms with Crippen LogP contribution in [0.4, 0.5) is 4.79 Å². The Morgan fingerprint density at radius 2 is 2.08 bits per heavy atom. The lowest BCUT2D eigenvalue weighted by atomic mass is 9.92. The number of carbonyl (C=O) groups excluding carboxylic acids is 1. The summed E-state index contributed by atoms with van der Waals surface area (Å²) >= 11 is 0. The molecule has 1 heterocycles. The SMILES string of the molecule is CC(C)N1CC(C)(C)COC1=O. The summed E-state index contributed by atoms with van der Waals surface area (Å²) in [4.78, 5) is 13.0. The van der Waals surface area contributed by atoms with Crippen LogP contribution in [0.3, 0.4) is 0 Å². The summed E-state index contributed by atoms with van der Waals surface area (Å²) in [5.74, 6) is 0. The van der Waals surface area contributed by atoms with E-state index >= 15 is 0 Å². The van der Waals surface area contributed by atoms with Gasteiger partial charge < -0.3 is 9.64 Å².